The summed E-state index contributed by atoms with van der Waals surface area (Å²) in [6.45, 7) is 2.05. The van der Waals surface area contributed by atoms with Gasteiger partial charge in [-0.2, -0.15) is 0 Å². The number of benzene rings is 2. The fourth-order valence-corrected chi connectivity index (χ4v) is 3.10. The Balaban J connectivity index is 1.74. The van der Waals surface area contributed by atoms with E-state index in [0.29, 0.717) is 10.8 Å². The lowest BCUT2D eigenvalue weighted by Gasteiger charge is -2.28. The van der Waals surface area contributed by atoms with E-state index in [1.165, 1.54) is 0 Å². The first-order valence-corrected chi connectivity index (χ1v) is 8.84. The Morgan fingerprint density at radius 1 is 1.15 bits per heavy atom. The molecule has 2 unspecified atom stereocenters. The predicted molar refractivity (Wildman–Crippen MR) is 108 cm³/mol. The first kappa shape index (κ1) is 18.0. The lowest BCUT2D eigenvalue weighted by molar-refractivity contribution is -0.147. The number of rotatable bonds is 5. The van der Waals surface area contributed by atoms with Gasteiger partial charge in [0, 0.05) is 5.71 Å². The Bertz CT molecular complexity index is 832. The fourth-order valence-electron chi connectivity index (χ4n) is 2.82. The van der Waals surface area contributed by atoms with E-state index < -0.39 is 5.92 Å². The molecule has 1 N–H and O–H groups in total. The summed E-state index contributed by atoms with van der Waals surface area (Å²) in [7, 11) is 0. The lowest BCUT2D eigenvalue weighted by atomic mass is 9.93. The zero-order valence-electron chi connectivity index (χ0n) is 14.5. The normalized spacial score (nSPS) is 19.7. The number of aliphatic imine (C=N–C) groups is 1. The van der Waals surface area contributed by atoms with Crippen LogP contribution in [0.15, 0.2) is 71.7 Å². The number of carbonyl (C=O) groups is 1. The molecule has 2 aromatic carbocycles. The molecule has 0 bridgehead atoms. The topological polar surface area (TPSA) is 50.7 Å². The molecule has 0 spiro atoms. The summed E-state index contributed by atoms with van der Waals surface area (Å²) in [5.41, 5.74) is 2.66. The minimum absolute atomic E-state index is 0.239. The highest BCUT2D eigenvalue weighted by molar-refractivity contribution is 7.80. The molecule has 2 aromatic rings. The molecule has 0 aromatic heterocycles. The average Bonchev–Trinajstić information content (AvgIpc) is 2.66. The quantitative estimate of drug-likeness (QED) is 0.648. The third-order valence-corrected chi connectivity index (χ3v) is 4.36. The second-order valence-electron chi connectivity index (χ2n) is 6.07. The monoisotopic (exact) mass is 364 g/mol. The van der Waals surface area contributed by atoms with Gasteiger partial charge in [-0.25, -0.2) is 4.99 Å². The van der Waals surface area contributed by atoms with Crippen LogP contribution in [0.2, 0.25) is 0 Å². The maximum Gasteiger partial charge on any atom is 0.317 e. The average molecular weight is 364 g/mol. The van der Waals surface area contributed by atoms with Crippen molar-refractivity contribution in [2.24, 2.45) is 10.9 Å². The smallest absolute Gasteiger partial charge is 0.317 e. The molecule has 0 aliphatic carbocycles. The van der Waals surface area contributed by atoms with Gasteiger partial charge in [0.1, 0.15) is 12.5 Å². The molecule has 26 heavy (non-hydrogen) atoms. The summed E-state index contributed by atoms with van der Waals surface area (Å²) in [6, 6.07) is 19.2. The van der Waals surface area contributed by atoms with E-state index in [2.05, 4.69) is 10.3 Å². The molecular weight excluding hydrogens is 344 g/mol. The minimum Gasteiger partial charge on any atom is -0.460 e. The zero-order valence-corrected chi connectivity index (χ0v) is 15.3. The van der Waals surface area contributed by atoms with Crippen molar-refractivity contribution < 1.29 is 9.53 Å². The molecule has 3 rings (SSSR count). The lowest BCUT2D eigenvalue weighted by Crippen LogP contribution is -2.48. The number of carbonyl (C=O) groups excluding carboxylic acids is 1. The first-order chi connectivity index (χ1) is 12.6. The van der Waals surface area contributed by atoms with Crippen LogP contribution in [-0.2, 0) is 16.1 Å². The second-order valence-corrected chi connectivity index (χ2v) is 6.46. The van der Waals surface area contributed by atoms with E-state index in [1.807, 2.05) is 79.7 Å². The molecule has 1 aliphatic rings. The zero-order chi connectivity index (χ0) is 18.4. The number of hydrogen-bond acceptors (Lipinski definition) is 3. The molecule has 1 aliphatic heterocycles. The summed E-state index contributed by atoms with van der Waals surface area (Å²) in [6.07, 6.45) is 3.91. The van der Waals surface area contributed by atoms with Gasteiger partial charge in [-0.05, 0) is 30.3 Å². The van der Waals surface area contributed by atoms with Crippen molar-refractivity contribution in [3.8, 4) is 0 Å². The Morgan fingerprint density at radius 3 is 2.50 bits per heavy atom. The third-order valence-electron chi connectivity index (χ3n) is 4.15. The van der Waals surface area contributed by atoms with E-state index >= 15 is 0 Å². The van der Waals surface area contributed by atoms with Crippen molar-refractivity contribution in [1.82, 2.24) is 5.32 Å². The van der Waals surface area contributed by atoms with E-state index in [-0.39, 0.29) is 18.6 Å². The third kappa shape index (κ3) is 4.64. The molecule has 0 amide bonds. The number of nitrogens with zero attached hydrogens (tertiary/aromatic N) is 1. The summed E-state index contributed by atoms with van der Waals surface area (Å²) in [5.74, 6) is -0.821. The van der Waals surface area contributed by atoms with Crippen molar-refractivity contribution >= 4 is 35.1 Å². The minimum atomic E-state index is -0.509. The van der Waals surface area contributed by atoms with E-state index in [0.717, 1.165) is 11.1 Å². The predicted octanol–water partition coefficient (Wildman–Crippen LogP) is 3.78. The summed E-state index contributed by atoms with van der Waals surface area (Å²) in [5, 5.41) is 3.49. The molecule has 0 saturated carbocycles. The molecule has 4 nitrogen and oxygen atoms in total. The van der Waals surface area contributed by atoms with Crippen LogP contribution in [0.25, 0.3) is 6.08 Å². The standard InChI is InChI=1S/C21H20N2O2S/c1-15-19(20(24)25-14-17-10-6-3-7-11-17)18(23-21(26)22-15)13-12-16-8-4-2-5-9-16/h2-13,18-19H,14H2,1H3,(H,23,26)/b13-12+. The summed E-state index contributed by atoms with van der Waals surface area (Å²) in [4.78, 5) is 16.9. The fraction of sp³-hybridized carbons (Fsp3) is 0.190. The molecule has 0 fully saturated rings. The largest absolute Gasteiger partial charge is 0.460 e. The van der Waals surface area contributed by atoms with Gasteiger partial charge in [0.15, 0.2) is 5.11 Å². The SMILES string of the molecule is CC1=NC(=S)NC(/C=C/c2ccccc2)C1C(=O)OCc1ccccc1. The number of thiocarbonyl (C=S) groups is 1. The van der Waals surface area contributed by atoms with Crippen LogP contribution >= 0.6 is 12.2 Å². The van der Waals surface area contributed by atoms with Crippen molar-refractivity contribution in [3.63, 3.8) is 0 Å². The van der Waals surface area contributed by atoms with E-state index in [9.17, 15) is 4.79 Å². The van der Waals surface area contributed by atoms with Crippen molar-refractivity contribution in [2.45, 2.75) is 19.6 Å². The maximum absolute atomic E-state index is 12.7. The van der Waals surface area contributed by atoms with Crippen LogP contribution in [-0.4, -0.2) is 22.8 Å². The van der Waals surface area contributed by atoms with Crippen LogP contribution in [0, 0.1) is 5.92 Å². The van der Waals surface area contributed by atoms with Crippen LogP contribution in [0.3, 0.4) is 0 Å². The van der Waals surface area contributed by atoms with Crippen molar-refractivity contribution in [1.29, 1.82) is 0 Å². The Kier molecular flexibility index (Phi) is 5.92. The summed E-state index contributed by atoms with van der Waals surface area (Å²) < 4.78 is 5.52. The molecular formula is C21H20N2O2S. The molecule has 1 heterocycles. The maximum atomic E-state index is 12.7. The van der Waals surface area contributed by atoms with Crippen LogP contribution in [0.1, 0.15) is 18.1 Å². The Labute approximate surface area is 158 Å². The number of esters is 1. The highest BCUT2D eigenvalue weighted by Crippen LogP contribution is 2.18. The number of hydrogen-bond donors (Lipinski definition) is 1. The van der Waals surface area contributed by atoms with Gasteiger partial charge in [0.2, 0.25) is 0 Å². The molecule has 132 valence electrons. The molecule has 0 saturated heterocycles. The summed E-state index contributed by atoms with van der Waals surface area (Å²) >= 11 is 5.19. The Hall–Kier alpha value is -2.79. The number of ether oxygens (including phenoxy) is 1. The van der Waals surface area contributed by atoms with Gasteiger partial charge >= 0.3 is 5.97 Å². The van der Waals surface area contributed by atoms with Crippen molar-refractivity contribution in [3.05, 3.63) is 77.9 Å². The second kappa shape index (κ2) is 8.54. The highest BCUT2D eigenvalue weighted by atomic mass is 32.1. The highest BCUT2D eigenvalue weighted by Gasteiger charge is 2.34. The van der Waals surface area contributed by atoms with Gasteiger partial charge < -0.3 is 10.1 Å². The Morgan fingerprint density at radius 2 is 1.81 bits per heavy atom. The van der Waals surface area contributed by atoms with Gasteiger partial charge in [0.25, 0.3) is 0 Å². The molecule has 2 atom stereocenters. The van der Waals surface area contributed by atoms with Crippen LogP contribution in [0.5, 0.6) is 0 Å². The van der Waals surface area contributed by atoms with Gasteiger partial charge in [-0.15, -0.1) is 0 Å². The van der Waals surface area contributed by atoms with E-state index in [4.69, 9.17) is 17.0 Å². The van der Waals surface area contributed by atoms with Crippen LogP contribution in [0.4, 0.5) is 0 Å². The molecule has 5 heteroatoms. The van der Waals surface area contributed by atoms with Gasteiger partial charge in [-0.3, -0.25) is 4.79 Å². The van der Waals surface area contributed by atoms with E-state index in [1.54, 1.807) is 0 Å². The first-order valence-electron chi connectivity index (χ1n) is 8.43. The van der Waals surface area contributed by atoms with Gasteiger partial charge in [0.05, 0.1) is 6.04 Å². The number of nitrogens with one attached hydrogen (secondary N) is 1. The van der Waals surface area contributed by atoms with Crippen LogP contribution < -0.4 is 5.32 Å². The van der Waals surface area contributed by atoms with Crippen molar-refractivity contribution in [2.75, 3.05) is 0 Å². The molecule has 0 radical (unpaired) electrons. The van der Waals surface area contributed by atoms with Gasteiger partial charge in [-0.1, -0.05) is 72.8 Å².